The molecule has 2 aromatic carbocycles. The highest BCUT2D eigenvalue weighted by atomic mass is 16.5. The first-order valence-electron chi connectivity index (χ1n) is 12.4. The Labute approximate surface area is 203 Å². The minimum Gasteiger partial charge on any atom is -0.497 e. The first-order chi connectivity index (χ1) is 16.5. The van der Waals surface area contributed by atoms with Gasteiger partial charge in [0.25, 0.3) is 0 Å². The van der Waals surface area contributed by atoms with E-state index in [1.54, 1.807) is 12.0 Å². The van der Waals surface area contributed by atoms with Crippen LogP contribution in [0.4, 0.5) is 0 Å². The molecule has 0 radical (unpaired) electrons. The van der Waals surface area contributed by atoms with E-state index in [1.807, 2.05) is 62.4 Å². The van der Waals surface area contributed by atoms with E-state index < -0.39 is 6.04 Å². The van der Waals surface area contributed by atoms with Gasteiger partial charge in [0, 0.05) is 19.0 Å². The Balaban J connectivity index is 1.63. The van der Waals surface area contributed by atoms with Crippen molar-refractivity contribution in [3.05, 3.63) is 59.7 Å². The third-order valence-corrected chi connectivity index (χ3v) is 6.55. The van der Waals surface area contributed by atoms with Gasteiger partial charge in [0.15, 0.2) is 0 Å². The second-order valence-corrected chi connectivity index (χ2v) is 8.99. The summed E-state index contributed by atoms with van der Waals surface area (Å²) in [5, 5.41) is 3.20. The van der Waals surface area contributed by atoms with Crippen LogP contribution in [0.15, 0.2) is 48.5 Å². The monoisotopic (exact) mass is 466 g/mol. The molecule has 0 bridgehead atoms. The zero-order valence-corrected chi connectivity index (χ0v) is 20.7. The van der Waals surface area contributed by atoms with Crippen LogP contribution >= 0.6 is 0 Å². The molecule has 1 aliphatic rings. The molecule has 6 nitrogen and oxygen atoms in total. The molecule has 34 heavy (non-hydrogen) atoms. The average Bonchev–Trinajstić information content (AvgIpc) is 3.36. The summed E-state index contributed by atoms with van der Waals surface area (Å²) in [5.74, 6) is 1.46. The van der Waals surface area contributed by atoms with Crippen molar-refractivity contribution in [2.45, 2.75) is 77.4 Å². The number of benzene rings is 2. The fourth-order valence-electron chi connectivity index (χ4n) is 4.49. The van der Waals surface area contributed by atoms with Crippen molar-refractivity contribution in [1.29, 1.82) is 0 Å². The fraction of sp³-hybridized carbons (Fsp3) is 0.500. The zero-order chi connectivity index (χ0) is 24.3. The van der Waals surface area contributed by atoms with Crippen LogP contribution in [-0.2, 0) is 16.1 Å². The van der Waals surface area contributed by atoms with Crippen LogP contribution in [0.3, 0.4) is 0 Å². The molecule has 3 rings (SSSR count). The number of amides is 2. The number of nitrogens with zero attached hydrogens (tertiary/aromatic N) is 1. The summed E-state index contributed by atoms with van der Waals surface area (Å²) in [5.41, 5.74) is 2.19. The molecule has 0 aliphatic heterocycles. The molecule has 2 amide bonds. The van der Waals surface area contributed by atoms with Gasteiger partial charge in [-0.2, -0.15) is 0 Å². The maximum absolute atomic E-state index is 13.4. The summed E-state index contributed by atoms with van der Waals surface area (Å²) in [6.45, 7) is 4.88. The molecule has 6 heteroatoms. The molecule has 1 unspecified atom stereocenters. The maximum Gasteiger partial charge on any atom is 0.243 e. The summed E-state index contributed by atoms with van der Waals surface area (Å²) in [4.78, 5) is 28.3. The summed E-state index contributed by atoms with van der Waals surface area (Å²) < 4.78 is 11.0. The van der Waals surface area contributed by atoms with E-state index in [0.29, 0.717) is 32.4 Å². The van der Waals surface area contributed by atoms with Crippen molar-refractivity contribution in [1.82, 2.24) is 10.2 Å². The van der Waals surface area contributed by atoms with E-state index in [1.165, 1.54) is 0 Å². The second-order valence-electron chi connectivity index (χ2n) is 8.99. The number of methoxy groups -OCH3 is 1. The minimum absolute atomic E-state index is 0.0185. The van der Waals surface area contributed by atoms with Gasteiger partial charge in [-0.25, -0.2) is 0 Å². The van der Waals surface area contributed by atoms with Crippen molar-refractivity contribution in [2.75, 3.05) is 13.7 Å². The van der Waals surface area contributed by atoms with Gasteiger partial charge in [-0.3, -0.25) is 9.59 Å². The molecule has 0 heterocycles. The Morgan fingerprint density at radius 2 is 1.74 bits per heavy atom. The van der Waals surface area contributed by atoms with Gasteiger partial charge in [-0.15, -0.1) is 0 Å². The lowest BCUT2D eigenvalue weighted by Crippen LogP contribution is -2.51. The highest BCUT2D eigenvalue weighted by Crippen LogP contribution is 2.21. The standard InChI is InChI=1S/C28H38N2O4/c1-4-26(28(32)29-23-12-7-8-13-23)30(20-22-11-6-5-10-21(22)2)27(31)14-9-19-34-25-17-15-24(33-3)16-18-25/h5-6,10-11,15-18,23,26H,4,7-9,12-14,19-20H2,1-3H3,(H,29,32). The Morgan fingerprint density at radius 1 is 1.06 bits per heavy atom. The summed E-state index contributed by atoms with van der Waals surface area (Å²) in [7, 11) is 1.63. The number of carbonyl (C=O) groups excluding carboxylic acids is 2. The average molecular weight is 467 g/mol. The van der Waals surface area contributed by atoms with Crippen LogP contribution in [0.5, 0.6) is 11.5 Å². The quantitative estimate of drug-likeness (QED) is 0.446. The predicted octanol–water partition coefficient (Wildman–Crippen LogP) is 5.03. The van der Waals surface area contributed by atoms with E-state index in [2.05, 4.69) is 5.32 Å². The van der Waals surface area contributed by atoms with Crippen molar-refractivity contribution < 1.29 is 19.1 Å². The van der Waals surface area contributed by atoms with Gasteiger partial charge in [0.2, 0.25) is 11.8 Å². The lowest BCUT2D eigenvalue weighted by Gasteiger charge is -2.32. The van der Waals surface area contributed by atoms with E-state index >= 15 is 0 Å². The number of aryl methyl sites for hydroxylation is 1. The Kier molecular flexibility index (Phi) is 9.80. The SMILES string of the molecule is CCC(C(=O)NC1CCCC1)N(Cc1ccccc1C)C(=O)CCCOc1ccc(OC)cc1. The first-order valence-corrected chi connectivity index (χ1v) is 12.4. The van der Waals surface area contributed by atoms with Crippen LogP contribution in [0, 0.1) is 6.92 Å². The zero-order valence-electron chi connectivity index (χ0n) is 20.7. The van der Waals surface area contributed by atoms with Gasteiger partial charge < -0.3 is 19.7 Å². The summed E-state index contributed by atoms with van der Waals surface area (Å²) in [6, 6.07) is 15.2. The van der Waals surface area contributed by atoms with E-state index in [-0.39, 0.29) is 17.9 Å². The minimum atomic E-state index is -0.477. The van der Waals surface area contributed by atoms with Crippen LogP contribution in [-0.4, -0.2) is 42.5 Å². The number of hydrogen-bond donors (Lipinski definition) is 1. The highest BCUT2D eigenvalue weighted by molar-refractivity contribution is 5.87. The predicted molar refractivity (Wildman–Crippen MR) is 134 cm³/mol. The van der Waals surface area contributed by atoms with Crippen LogP contribution in [0.25, 0.3) is 0 Å². The Morgan fingerprint density at radius 3 is 2.38 bits per heavy atom. The third-order valence-electron chi connectivity index (χ3n) is 6.55. The second kappa shape index (κ2) is 13.0. The molecule has 2 aromatic rings. The van der Waals surface area contributed by atoms with E-state index in [0.717, 1.165) is 48.3 Å². The Hall–Kier alpha value is -3.02. The molecule has 1 N–H and O–H groups in total. The maximum atomic E-state index is 13.4. The van der Waals surface area contributed by atoms with E-state index in [4.69, 9.17) is 9.47 Å². The van der Waals surface area contributed by atoms with Gasteiger partial charge in [0.1, 0.15) is 17.5 Å². The fourth-order valence-corrected chi connectivity index (χ4v) is 4.49. The van der Waals surface area contributed by atoms with Crippen LogP contribution in [0.2, 0.25) is 0 Å². The Bertz CT molecular complexity index is 922. The molecule has 184 valence electrons. The topological polar surface area (TPSA) is 67.9 Å². The molecule has 0 spiro atoms. The van der Waals surface area contributed by atoms with Crippen molar-refractivity contribution >= 4 is 11.8 Å². The number of hydrogen-bond acceptors (Lipinski definition) is 4. The highest BCUT2D eigenvalue weighted by Gasteiger charge is 2.30. The largest absolute Gasteiger partial charge is 0.497 e. The summed E-state index contributed by atoms with van der Waals surface area (Å²) >= 11 is 0. The van der Waals surface area contributed by atoms with Crippen LogP contribution < -0.4 is 14.8 Å². The molecular weight excluding hydrogens is 428 g/mol. The van der Waals surface area contributed by atoms with Gasteiger partial charge in [0.05, 0.1) is 13.7 Å². The molecule has 0 saturated heterocycles. The van der Waals surface area contributed by atoms with Gasteiger partial charge >= 0.3 is 0 Å². The molecule has 1 aliphatic carbocycles. The van der Waals surface area contributed by atoms with Crippen molar-refractivity contribution in [3.63, 3.8) is 0 Å². The molecule has 0 aromatic heterocycles. The molecular formula is C28H38N2O4. The first kappa shape index (κ1) is 25.6. The number of rotatable bonds is 12. The van der Waals surface area contributed by atoms with Crippen molar-refractivity contribution in [2.24, 2.45) is 0 Å². The lowest BCUT2D eigenvalue weighted by atomic mass is 10.0. The van der Waals surface area contributed by atoms with Crippen molar-refractivity contribution in [3.8, 4) is 11.5 Å². The smallest absolute Gasteiger partial charge is 0.243 e. The number of carbonyl (C=O) groups is 2. The molecule has 1 fully saturated rings. The summed E-state index contributed by atoms with van der Waals surface area (Å²) in [6.07, 6.45) is 5.85. The normalized spacial score (nSPS) is 14.4. The third kappa shape index (κ3) is 7.24. The number of nitrogens with one attached hydrogen (secondary N) is 1. The molecule has 1 atom stereocenters. The van der Waals surface area contributed by atoms with E-state index in [9.17, 15) is 9.59 Å². The van der Waals surface area contributed by atoms with Gasteiger partial charge in [-0.1, -0.05) is 44.0 Å². The molecule has 1 saturated carbocycles. The number of ether oxygens (including phenoxy) is 2. The van der Waals surface area contributed by atoms with Crippen LogP contribution in [0.1, 0.15) is 63.0 Å². The lowest BCUT2D eigenvalue weighted by molar-refractivity contribution is -0.141. The van der Waals surface area contributed by atoms with Gasteiger partial charge in [-0.05, 0) is 68.0 Å².